The van der Waals surface area contributed by atoms with Crippen LogP contribution in [0.4, 0.5) is 0 Å². The number of H-pyrrole nitrogens is 1. The van der Waals surface area contributed by atoms with Gasteiger partial charge in [-0.3, -0.25) is 0 Å². The van der Waals surface area contributed by atoms with Crippen LogP contribution in [0.25, 0.3) is 0 Å². The summed E-state index contributed by atoms with van der Waals surface area (Å²) >= 11 is 1.63. The molecule has 0 radical (unpaired) electrons. The van der Waals surface area contributed by atoms with Gasteiger partial charge in [-0.2, -0.15) is 0 Å². The molecule has 4 nitrogen and oxygen atoms in total. The van der Waals surface area contributed by atoms with Gasteiger partial charge in [0.25, 0.3) is 0 Å². The van der Waals surface area contributed by atoms with Gasteiger partial charge < -0.3 is 15.8 Å². The van der Waals surface area contributed by atoms with Crippen LogP contribution in [-0.4, -0.2) is 32.5 Å². The van der Waals surface area contributed by atoms with Crippen LogP contribution in [-0.2, 0) is 0 Å². The number of imidazole rings is 1. The molecule has 1 aromatic rings. The number of hydrogen-bond donors (Lipinski definition) is 3. The van der Waals surface area contributed by atoms with Crippen LogP contribution in [0.1, 0.15) is 20.3 Å². The van der Waals surface area contributed by atoms with Crippen molar-refractivity contribution in [3.63, 3.8) is 0 Å². The maximum atomic E-state index is 9.01. The predicted molar refractivity (Wildman–Crippen MR) is 58.2 cm³/mol. The summed E-state index contributed by atoms with van der Waals surface area (Å²) in [5.74, 6) is 0. The van der Waals surface area contributed by atoms with Gasteiger partial charge in [0.2, 0.25) is 0 Å². The lowest BCUT2D eigenvalue weighted by molar-refractivity contribution is 0.201. The summed E-state index contributed by atoms with van der Waals surface area (Å²) in [6, 6.07) is 0. The highest BCUT2D eigenvalue weighted by molar-refractivity contribution is 7.99. The van der Waals surface area contributed by atoms with Gasteiger partial charge in [0.15, 0.2) is 5.16 Å². The first-order valence-electron chi connectivity index (χ1n) is 4.59. The van der Waals surface area contributed by atoms with Crippen LogP contribution in [0.2, 0.25) is 0 Å². The normalized spacial score (nSPS) is 17.7. The molecule has 0 saturated heterocycles. The van der Waals surface area contributed by atoms with E-state index < -0.39 is 5.54 Å². The van der Waals surface area contributed by atoms with E-state index in [0.717, 1.165) is 11.6 Å². The lowest BCUT2D eigenvalue weighted by Gasteiger charge is -2.24. The average Bonchev–Trinajstić information content (AvgIpc) is 2.55. The third kappa shape index (κ3) is 3.69. The van der Waals surface area contributed by atoms with Crippen LogP contribution in [0.3, 0.4) is 0 Å². The molecule has 0 aliphatic rings. The Morgan fingerprint density at radius 2 is 2.50 bits per heavy atom. The summed E-state index contributed by atoms with van der Waals surface area (Å²) in [5.41, 5.74) is 5.35. The molecular weight excluding hydrogens is 198 g/mol. The minimum Gasteiger partial charge on any atom is -0.394 e. The van der Waals surface area contributed by atoms with Crippen LogP contribution in [0.15, 0.2) is 17.6 Å². The number of aromatic nitrogens is 2. The lowest BCUT2D eigenvalue weighted by atomic mass is 9.99. The number of hydrogen-bond acceptors (Lipinski definition) is 4. The second kappa shape index (κ2) is 4.82. The van der Waals surface area contributed by atoms with Gasteiger partial charge in [-0.05, 0) is 13.3 Å². The van der Waals surface area contributed by atoms with E-state index in [-0.39, 0.29) is 6.61 Å². The van der Waals surface area contributed by atoms with Gasteiger partial charge in [-0.1, -0.05) is 18.7 Å². The average molecular weight is 215 g/mol. The number of nitrogens with one attached hydrogen (secondary N) is 1. The monoisotopic (exact) mass is 215 g/mol. The SMILES string of the molecule is CC(CC(C)(N)CO)Sc1ncc[nH]1. The summed E-state index contributed by atoms with van der Waals surface area (Å²) < 4.78 is 0. The highest BCUT2D eigenvalue weighted by Gasteiger charge is 2.21. The second-order valence-corrected chi connectivity index (χ2v) is 5.27. The number of rotatable bonds is 5. The molecule has 1 heterocycles. The van der Waals surface area contributed by atoms with Crippen molar-refractivity contribution in [1.29, 1.82) is 0 Å². The van der Waals surface area contributed by atoms with E-state index >= 15 is 0 Å². The molecule has 0 bridgehead atoms. The Balaban J connectivity index is 2.40. The van der Waals surface area contributed by atoms with Gasteiger partial charge in [-0.15, -0.1) is 0 Å². The molecule has 80 valence electrons. The zero-order chi connectivity index (χ0) is 10.6. The molecule has 0 spiro atoms. The third-order valence-corrected chi connectivity index (χ3v) is 2.92. The molecule has 0 aromatic carbocycles. The minimum atomic E-state index is -0.501. The van der Waals surface area contributed by atoms with Gasteiger partial charge >= 0.3 is 0 Å². The zero-order valence-electron chi connectivity index (χ0n) is 8.53. The van der Waals surface area contributed by atoms with Crippen molar-refractivity contribution in [3.05, 3.63) is 12.4 Å². The van der Waals surface area contributed by atoms with Gasteiger partial charge in [0.1, 0.15) is 0 Å². The van der Waals surface area contributed by atoms with Crippen LogP contribution in [0.5, 0.6) is 0 Å². The van der Waals surface area contributed by atoms with Crippen molar-refractivity contribution in [2.75, 3.05) is 6.61 Å². The predicted octanol–water partition coefficient (Wildman–Crippen LogP) is 0.990. The maximum Gasteiger partial charge on any atom is 0.165 e. The van der Waals surface area contributed by atoms with Gasteiger partial charge in [0.05, 0.1) is 6.61 Å². The summed E-state index contributed by atoms with van der Waals surface area (Å²) in [7, 11) is 0. The molecule has 0 amide bonds. The molecule has 0 aliphatic carbocycles. The quantitative estimate of drug-likeness (QED) is 0.640. The number of aliphatic hydroxyl groups excluding tert-OH is 1. The van der Waals surface area contributed by atoms with E-state index in [4.69, 9.17) is 10.8 Å². The number of thioether (sulfide) groups is 1. The summed E-state index contributed by atoms with van der Waals surface area (Å²) in [5, 5.41) is 10.2. The molecule has 4 N–H and O–H groups in total. The zero-order valence-corrected chi connectivity index (χ0v) is 9.34. The van der Waals surface area contributed by atoms with E-state index in [1.54, 1.807) is 24.2 Å². The summed E-state index contributed by atoms with van der Waals surface area (Å²) in [6.45, 7) is 3.94. The van der Waals surface area contributed by atoms with E-state index in [1.165, 1.54) is 0 Å². The Morgan fingerprint density at radius 1 is 1.79 bits per heavy atom. The lowest BCUT2D eigenvalue weighted by Crippen LogP contribution is -2.42. The number of nitrogens with two attached hydrogens (primary N) is 1. The van der Waals surface area contributed by atoms with Crippen molar-refractivity contribution in [1.82, 2.24) is 9.97 Å². The first-order valence-corrected chi connectivity index (χ1v) is 5.47. The Morgan fingerprint density at radius 3 is 3.00 bits per heavy atom. The van der Waals surface area contributed by atoms with Crippen molar-refractivity contribution in [3.8, 4) is 0 Å². The number of nitrogens with zero attached hydrogens (tertiary/aromatic N) is 1. The molecule has 0 fully saturated rings. The number of aromatic amines is 1. The van der Waals surface area contributed by atoms with Gasteiger partial charge in [-0.25, -0.2) is 4.98 Å². The molecule has 14 heavy (non-hydrogen) atoms. The van der Waals surface area contributed by atoms with Crippen molar-refractivity contribution >= 4 is 11.8 Å². The standard InChI is InChI=1S/C9H17N3OS/c1-7(5-9(2,10)6-13)14-8-11-3-4-12-8/h3-4,7,13H,5-6,10H2,1-2H3,(H,11,12). The highest BCUT2D eigenvalue weighted by atomic mass is 32.2. The molecule has 2 unspecified atom stereocenters. The Kier molecular flexibility index (Phi) is 3.97. The van der Waals surface area contributed by atoms with Crippen molar-refractivity contribution in [2.45, 2.75) is 36.2 Å². The third-order valence-electron chi connectivity index (χ3n) is 1.90. The Bertz CT molecular complexity index is 261. The van der Waals surface area contributed by atoms with Crippen LogP contribution >= 0.6 is 11.8 Å². The highest BCUT2D eigenvalue weighted by Crippen LogP contribution is 2.24. The molecule has 0 saturated carbocycles. The Labute approximate surface area is 88.3 Å². The molecule has 5 heteroatoms. The van der Waals surface area contributed by atoms with E-state index in [2.05, 4.69) is 16.9 Å². The van der Waals surface area contributed by atoms with Crippen LogP contribution < -0.4 is 5.73 Å². The van der Waals surface area contributed by atoms with E-state index in [9.17, 15) is 0 Å². The molecule has 0 aliphatic heterocycles. The van der Waals surface area contributed by atoms with Crippen molar-refractivity contribution < 1.29 is 5.11 Å². The van der Waals surface area contributed by atoms with Crippen LogP contribution in [0, 0.1) is 0 Å². The second-order valence-electron chi connectivity index (χ2n) is 3.84. The molecule has 1 aromatic heterocycles. The molecule has 2 atom stereocenters. The molecule has 1 rings (SSSR count). The topological polar surface area (TPSA) is 74.9 Å². The van der Waals surface area contributed by atoms with Gasteiger partial charge in [0, 0.05) is 23.2 Å². The van der Waals surface area contributed by atoms with E-state index in [0.29, 0.717) is 5.25 Å². The fourth-order valence-corrected chi connectivity index (χ4v) is 2.37. The largest absolute Gasteiger partial charge is 0.394 e. The fourth-order valence-electron chi connectivity index (χ4n) is 1.27. The first-order chi connectivity index (χ1) is 6.53. The summed E-state index contributed by atoms with van der Waals surface area (Å²) in [4.78, 5) is 7.14. The van der Waals surface area contributed by atoms with E-state index in [1.807, 2.05) is 6.92 Å². The van der Waals surface area contributed by atoms with Crippen molar-refractivity contribution in [2.24, 2.45) is 5.73 Å². The first kappa shape index (κ1) is 11.6. The molecular formula is C9H17N3OS. The number of aliphatic hydroxyl groups is 1. The fraction of sp³-hybridized carbons (Fsp3) is 0.667. The Hall–Kier alpha value is -0.520. The summed E-state index contributed by atoms with van der Waals surface area (Å²) in [6.07, 6.45) is 4.28. The maximum absolute atomic E-state index is 9.01. The minimum absolute atomic E-state index is 0.00997. The smallest absolute Gasteiger partial charge is 0.165 e.